The smallest absolute Gasteiger partial charge is 0.135 e. The van der Waals surface area contributed by atoms with E-state index in [0.717, 1.165) is 29.9 Å². The van der Waals surface area contributed by atoms with Crippen LogP contribution in [0, 0.1) is 0 Å². The summed E-state index contributed by atoms with van der Waals surface area (Å²) in [7, 11) is 0. The number of nitrogens with zero attached hydrogens (tertiary/aromatic N) is 2. The lowest BCUT2D eigenvalue weighted by molar-refractivity contribution is 0.00698. The van der Waals surface area contributed by atoms with Crippen molar-refractivity contribution < 1.29 is 4.74 Å². The molecule has 9 heteroatoms. The van der Waals surface area contributed by atoms with Gasteiger partial charge in [-0.25, -0.2) is 0 Å². The van der Waals surface area contributed by atoms with Crippen molar-refractivity contribution in [2.45, 2.75) is 18.2 Å². The van der Waals surface area contributed by atoms with Gasteiger partial charge in [-0.05, 0) is 47.5 Å². The van der Waals surface area contributed by atoms with E-state index in [9.17, 15) is 0 Å². The van der Waals surface area contributed by atoms with Gasteiger partial charge in [0.25, 0.3) is 0 Å². The van der Waals surface area contributed by atoms with E-state index in [1.54, 1.807) is 12.1 Å². The predicted molar refractivity (Wildman–Crippen MR) is 153 cm³/mol. The van der Waals surface area contributed by atoms with E-state index in [1.807, 2.05) is 54.7 Å². The Morgan fingerprint density at radius 1 is 0.886 bits per heavy atom. The van der Waals surface area contributed by atoms with Crippen LogP contribution in [0.25, 0.3) is 0 Å². The number of para-hydroxylation sites is 1. The van der Waals surface area contributed by atoms with Crippen LogP contribution in [0.5, 0.6) is 0 Å². The van der Waals surface area contributed by atoms with E-state index < -0.39 is 11.6 Å². The fraction of sp³-hybridized carbons (Fsp3) is 0.231. The molecule has 0 radical (unpaired) electrons. The summed E-state index contributed by atoms with van der Waals surface area (Å²) in [4.78, 5) is 4.27. The lowest BCUT2D eigenvalue weighted by Gasteiger charge is -2.31. The summed E-state index contributed by atoms with van der Waals surface area (Å²) in [5.41, 5.74) is 2.46. The Morgan fingerprint density at radius 2 is 1.60 bits per heavy atom. The molecule has 0 amide bonds. The molecule has 0 saturated heterocycles. The summed E-state index contributed by atoms with van der Waals surface area (Å²) in [5.74, 6) is 0. The molecule has 3 aromatic carbocycles. The van der Waals surface area contributed by atoms with Crippen LogP contribution in [-0.4, -0.2) is 35.1 Å². The number of ether oxygens (including phenoxy) is 1. The molecule has 2 atom stereocenters. The molecule has 4 rings (SSSR count). The highest BCUT2D eigenvalue weighted by Gasteiger charge is 2.29. The van der Waals surface area contributed by atoms with E-state index in [-0.39, 0.29) is 17.0 Å². The summed E-state index contributed by atoms with van der Waals surface area (Å²) in [6.45, 7) is 2.63. The van der Waals surface area contributed by atoms with Crippen molar-refractivity contribution in [2.24, 2.45) is 0 Å². The Kier molecular flexibility index (Phi) is 10.9. The Labute approximate surface area is 237 Å². The van der Waals surface area contributed by atoms with Crippen molar-refractivity contribution in [1.82, 2.24) is 9.80 Å². The van der Waals surface area contributed by atoms with E-state index in [4.69, 9.17) is 51.1 Å². The van der Waals surface area contributed by atoms with Crippen molar-refractivity contribution in [3.8, 4) is 0 Å². The third-order valence-electron chi connectivity index (χ3n) is 5.51. The van der Waals surface area contributed by atoms with Crippen LogP contribution >= 0.6 is 63.4 Å². The van der Waals surface area contributed by atoms with Crippen LogP contribution in [0.2, 0.25) is 15.1 Å². The molecule has 4 nitrogen and oxygen atoms in total. The number of rotatable bonds is 10. The molecule has 1 aliphatic rings. The summed E-state index contributed by atoms with van der Waals surface area (Å²) in [6, 6.07) is 23.1. The van der Waals surface area contributed by atoms with Crippen molar-refractivity contribution in [3.05, 3.63) is 111 Å². The zero-order valence-electron chi connectivity index (χ0n) is 18.8. The maximum absolute atomic E-state index is 6.97. The van der Waals surface area contributed by atoms with Gasteiger partial charge in [-0.3, -0.25) is 0 Å². The first-order valence-electron chi connectivity index (χ1n) is 10.9. The van der Waals surface area contributed by atoms with Crippen LogP contribution in [-0.2, 0) is 11.3 Å². The maximum atomic E-state index is 6.97. The maximum Gasteiger partial charge on any atom is 0.135 e. The summed E-state index contributed by atoms with van der Waals surface area (Å²) >= 11 is 25.5. The monoisotopic (exact) mass is 615 g/mol. The van der Waals surface area contributed by atoms with E-state index in [0.29, 0.717) is 28.3 Å². The zero-order valence-corrected chi connectivity index (χ0v) is 23.5. The third kappa shape index (κ3) is 7.94. The molecule has 0 spiro atoms. The van der Waals surface area contributed by atoms with E-state index in [2.05, 4.69) is 33.4 Å². The second kappa shape index (κ2) is 13.6. The molecule has 35 heavy (non-hydrogen) atoms. The van der Waals surface area contributed by atoms with Gasteiger partial charge in [-0.15, -0.1) is 17.0 Å². The average molecular weight is 618 g/mol. The number of benzene rings is 3. The fourth-order valence-corrected chi connectivity index (χ4v) is 4.60. The topological polar surface area (TPSA) is 27.7 Å². The molecule has 1 aliphatic heterocycles. The van der Waals surface area contributed by atoms with Gasteiger partial charge in [0.1, 0.15) is 11.6 Å². The Bertz CT molecular complexity index is 1100. The van der Waals surface area contributed by atoms with Gasteiger partial charge >= 0.3 is 0 Å². The van der Waals surface area contributed by atoms with Crippen molar-refractivity contribution >= 4 is 69.1 Å². The second-order valence-corrected chi connectivity index (χ2v) is 9.68. The molecule has 3 aromatic rings. The molecule has 1 N–H and O–H groups in total. The van der Waals surface area contributed by atoms with Gasteiger partial charge in [-0.2, -0.15) is 0 Å². The Hall–Kier alpha value is -1.60. The molecular weight excluding hydrogens is 592 g/mol. The number of nitrogens with one attached hydrogen (secondary N) is 1. The largest absolute Gasteiger partial charge is 0.383 e. The average Bonchev–Trinajstić information content (AvgIpc) is 3.31. The first kappa shape index (κ1) is 28.0. The molecular formula is C26H26BrCl4N3O. The predicted octanol–water partition coefficient (Wildman–Crippen LogP) is 8.21. The number of anilines is 1. The Balaban J connectivity index is 0.00000342. The minimum absolute atomic E-state index is 0. The van der Waals surface area contributed by atoms with Crippen molar-refractivity contribution in [2.75, 3.05) is 25.1 Å². The molecule has 2 unspecified atom stereocenters. The highest BCUT2D eigenvalue weighted by molar-refractivity contribution is 8.93. The highest BCUT2D eigenvalue weighted by atomic mass is 79.9. The highest BCUT2D eigenvalue weighted by Crippen LogP contribution is 2.32. The van der Waals surface area contributed by atoms with Crippen molar-refractivity contribution in [1.29, 1.82) is 0 Å². The van der Waals surface area contributed by atoms with Gasteiger partial charge in [0.15, 0.2) is 0 Å². The van der Waals surface area contributed by atoms with Gasteiger partial charge in [0.2, 0.25) is 0 Å². The first-order valence-corrected chi connectivity index (χ1v) is 12.5. The number of halogens is 5. The van der Waals surface area contributed by atoms with Gasteiger partial charge in [0, 0.05) is 46.2 Å². The zero-order chi connectivity index (χ0) is 23.9. The number of alkyl halides is 1. The number of hydrogen-bond acceptors (Lipinski definition) is 4. The SMILES string of the molecule is Br.Clc1ccc(C(OCc2ccc(Cl)cc2Cl)C(Cl)N2C=CN(CCNc3ccccc3)C2)cc1. The van der Waals surface area contributed by atoms with Crippen LogP contribution in [0.1, 0.15) is 17.2 Å². The Morgan fingerprint density at radius 3 is 2.31 bits per heavy atom. The van der Waals surface area contributed by atoms with Crippen LogP contribution in [0.15, 0.2) is 85.2 Å². The molecule has 0 aromatic heterocycles. The number of hydrogen-bond donors (Lipinski definition) is 1. The lowest BCUT2D eigenvalue weighted by atomic mass is 10.1. The quantitative estimate of drug-likeness (QED) is 0.183. The standard InChI is InChI=1S/C26H25Cl4N3O.BrH/c27-21-9-6-19(7-10-21)25(34-17-20-8-11-22(28)16-24(20)29)26(30)33-15-14-32(18-33)13-12-31-23-4-2-1-3-5-23;/h1-11,14-16,25-26,31H,12-13,17-18H2;1H. The van der Waals surface area contributed by atoms with E-state index in [1.165, 1.54) is 0 Å². The van der Waals surface area contributed by atoms with Crippen molar-refractivity contribution in [3.63, 3.8) is 0 Å². The van der Waals surface area contributed by atoms with Gasteiger partial charge in [0.05, 0.1) is 13.3 Å². The fourth-order valence-electron chi connectivity index (χ4n) is 3.67. The molecule has 0 aliphatic carbocycles. The summed E-state index contributed by atoms with van der Waals surface area (Å²) in [5, 5.41) is 5.24. The molecule has 1 heterocycles. The minimum Gasteiger partial charge on any atom is -0.383 e. The molecule has 0 bridgehead atoms. The summed E-state index contributed by atoms with van der Waals surface area (Å²) in [6.07, 6.45) is 3.65. The third-order valence-corrected chi connectivity index (χ3v) is 6.83. The van der Waals surface area contributed by atoms with E-state index >= 15 is 0 Å². The summed E-state index contributed by atoms with van der Waals surface area (Å²) < 4.78 is 6.31. The lowest BCUT2D eigenvalue weighted by Crippen LogP contribution is -2.36. The normalized spacial score (nSPS) is 14.5. The molecule has 0 fully saturated rings. The second-order valence-electron chi connectivity index (χ2n) is 7.95. The molecule has 0 saturated carbocycles. The van der Waals surface area contributed by atoms with Crippen LogP contribution in [0.3, 0.4) is 0 Å². The van der Waals surface area contributed by atoms with Crippen LogP contribution in [0.4, 0.5) is 5.69 Å². The van der Waals surface area contributed by atoms with Crippen LogP contribution < -0.4 is 5.32 Å². The molecule has 186 valence electrons. The van der Waals surface area contributed by atoms with Gasteiger partial charge in [-0.1, -0.05) is 82.8 Å². The van der Waals surface area contributed by atoms with Gasteiger partial charge < -0.3 is 19.9 Å². The first-order chi connectivity index (χ1) is 16.5. The minimum atomic E-state index is -0.435.